The zero-order valence-electron chi connectivity index (χ0n) is 18.2. The van der Waals surface area contributed by atoms with Crippen molar-refractivity contribution in [2.45, 2.75) is 18.0 Å². The summed E-state index contributed by atoms with van der Waals surface area (Å²) in [6.45, 7) is 0.656. The number of rotatable bonds is 9. The van der Waals surface area contributed by atoms with Gasteiger partial charge in [-0.2, -0.15) is 5.10 Å². The van der Waals surface area contributed by atoms with Crippen molar-refractivity contribution in [2.24, 2.45) is 0 Å². The van der Waals surface area contributed by atoms with E-state index >= 15 is 0 Å². The van der Waals surface area contributed by atoms with Gasteiger partial charge in [0.1, 0.15) is 11.5 Å². The second-order valence-electron chi connectivity index (χ2n) is 7.35. The first-order valence-electron chi connectivity index (χ1n) is 10.4. The van der Waals surface area contributed by atoms with Gasteiger partial charge >= 0.3 is 0 Å². The van der Waals surface area contributed by atoms with E-state index in [1.54, 1.807) is 10.9 Å². The number of para-hydroxylation sites is 1. The van der Waals surface area contributed by atoms with E-state index in [4.69, 9.17) is 4.74 Å². The molecular formula is C25H21F4N3OS. The van der Waals surface area contributed by atoms with Crippen molar-refractivity contribution in [2.75, 3.05) is 12.8 Å². The first-order valence-corrected chi connectivity index (χ1v) is 11.7. The normalized spacial score (nSPS) is 11.1. The maximum atomic E-state index is 14.1. The van der Waals surface area contributed by atoms with Gasteiger partial charge in [-0.1, -0.05) is 18.2 Å². The van der Waals surface area contributed by atoms with Gasteiger partial charge in [-0.15, -0.1) is 11.8 Å². The van der Waals surface area contributed by atoms with Crippen LogP contribution in [0.15, 0.2) is 71.8 Å². The lowest BCUT2D eigenvalue weighted by molar-refractivity contribution is 0.389. The molecule has 1 N–H and O–H groups in total. The molecule has 1 aromatic heterocycles. The molecule has 0 unspecified atom stereocenters. The third-order valence-electron chi connectivity index (χ3n) is 5.11. The highest BCUT2D eigenvalue weighted by molar-refractivity contribution is 7.98. The van der Waals surface area contributed by atoms with Gasteiger partial charge < -0.3 is 10.1 Å². The summed E-state index contributed by atoms with van der Waals surface area (Å²) >= 11 is 0.828. The van der Waals surface area contributed by atoms with Gasteiger partial charge in [0.2, 0.25) is 0 Å². The third kappa shape index (κ3) is 5.26. The third-order valence-corrected chi connectivity index (χ3v) is 5.94. The highest BCUT2D eigenvalue weighted by Gasteiger charge is 2.24. The predicted octanol–water partition coefficient (Wildman–Crippen LogP) is 6.41. The molecule has 0 spiro atoms. The Hall–Kier alpha value is -3.30. The van der Waals surface area contributed by atoms with E-state index in [9.17, 15) is 17.6 Å². The van der Waals surface area contributed by atoms with Crippen LogP contribution in [0, 0.1) is 23.3 Å². The molecule has 0 fully saturated rings. The van der Waals surface area contributed by atoms with Crippen molar-refractivity contribution < 1.29 is 22.3 Å². The highest BCUT2D eigenvalue weighted by Crippen LogP contribution is 2.30. The number of benzene rings is 3. The molecule has 0 bridgehead atoms. The Labute approximate surface area is 198 Å². The molecule has 0 saturated carbocycles. The van der Waals surface area contributed by atoms with Crippen LogP contribution in [-0.2, 0) is 13.1 Å². The Kier molecular flexibility index (Phi) is 7.54. The molecule has 0 atom stereocenters. The van der Waals surface area contributed by atoms with E-state index in [0.717, 1.165) is 28.8 Å². The molecule has 4 aromatic rings. The molecule has 0 aliphatic carbocycles. The van der Waals surface area contributed by atoms with Crippen LogP contribution in [0.2, 0.25) is 0 Å². The molecular weight excluding hydrogens is 466 g/mol. The van der Waals surface area contributed by atoms with E-state index in [2.05, 4.69) is 10.4 Å². The lowest BCUT2D eigenvalue weighted by atomic mass is 10.1. The van der Waals surface area contributed by atoms with Crippen molar-refractivity contribution >= 4 is 11.8 Å². The van der Waals surface area contributed by atoms with E-state index in [-0.39, 0.29) is 17.0 Å². The summed E-state index contributed by atoms with van der Waals surface area (Å²) < 4.78 is 62.6. The molecule has 0 saturated heterocycles. The van der Waals surface area contributed by atoms with E-state index in [0.29, 0.717) is 18.8 Å². The number of thioether (sulfide) groups is 1. The van der Waals surface area contributed by atoms with E-state index < -0.39 is 23.3 Å². The maximum absolute atomic E-state index is 14.1. The summed E-state index contributed by atoms with van der Waals surface area (Å²) in [6, 6.07) is 18.9. The van der Waals surface area contributed by atoms with Crippen LogP contribution in [0.3, 0.4) is 0 Å². The van der Waals surface area contributed by atoms with Crippen LogP contribution in [0.25, 0.3) is 11.3 Å². The molecule has 3 aromatic carbocycles. The Balaban J connectivity index is 1.34. The molecule has 0 aliphatic rings. The minimum atomic E-state index is -1.80. The second-order valence-corrected chi connectivity index (χ2v) is 8.16. The number of nitrogens with one attached hydrogen (secondary N) is 1. The summed E-state index contributed by atoms with van der Waals surface area (Å²) in [7, 11) is 0. The Morgan fingerprint density at radius 1 is 0.853 bits per heavy atom. The predicted molar refractivity (Wildman–Crippen MR) is 124 cm³/mol. The molecule has 1 heterocycles. The van der Waals surface area contributed by atoms with E-state index in [1.165, 1.54) is 6.26 Å². The number of aromatic nitrogens is 2. The molecule has 4 nitrogen and oxygen atoms in total. The topological polar surface area (TPSA) is 39.1 Å². The minimum Gasteiger partial charge on any atom is -0.457 e. The second kappa shape index (κ2) is 10.8. The lowest BCUT2D eigenvalue weighted by Crippen LogP contribution is -2.22. The van der Waals surface area contributed by atoms with Gasteiger partial charge in [0.15, 0.2) is 23.3 Å². The molecule has 4 rings (SSSR count). The Morgan fingerprint density at radius 3 is 2.24 bits per heavy atom. The summed E-state index contributed by atoms with van der Waals surface area (Å²) in [6.07, 6.45) is 3.28. The highest BCUT2D eigenvalue weighted by atomic mass is 32.2. The largest absolute Gasteiger partial charge is 0.457 e. The van der Waals surface area contributed by atoms with Crippen LogP contribution in [0.1, 0.15) is 5.56 Å². The minimum absolute atomic E-state index is 0.146. The van der Waals surface area contributed by atoms with Crippen molar-refractivity contribution in [3.63, 3.8) is 0 Å². The zero-order chi connectivity index (χ0) is 24.1. The molecule has 34 heavy (non-hydrogen) atoms. The van der Waals surface area contributed by atoms with Crippen molar-refractivity contribution in [3.05, 3.63) is 95.7 Å². The van der Waals surface area contributed by atoms with Crippen LogP contribution in [-0.4, -0.2) is 22.6 Å². The molecule has 0 aliphatic heterocycles. The molecule has 9 heteroatoms. The average Bonchev–Trinajstić information content (AvgIpc) is 3.33. The average molecular weight is 488 g/mol. The van der Waals surface area contributed by atoms with Crippen molar-refractivity contribution in [1.29, 1.82) is 0 Å². The first kappa shape index (κ1) is 23.8. The lowest BCUT2D eigenvalue weighted by Gasteiger charge is -2.12. The quantitative estimate of drug-likeness (QED) is 0.0974. The fourth-order valence-corrected chi connectivity index (χ4v) is 4.07. The zero-order valence-corrected chi connectivity index (χ0v) is 19.0. The van der Waals surface area contributed by atoms with E-state index in [1.807, 2.05) is 60.7 Å². The van der Waals surface area contributed by atoms with Crippen LogP contribution in [0.5, 0.6) is 11.5 Å². The molecule has 0 amide bonds. The SMILES string of the molecule is CSc1c(F)c(F)c(F)c(F)c1CNCCn1ccc(-c2ccc(Oc3ccccc3)cc2)n1. The summed E-state index contributed by atoms with van der Waals surface area (Å²) in [5, 5.41) is 7.45. The Morgan fingerprint density at radius 2 is 1.53 bits per heavy atom. The number of halogens is 4. The van der Waals surface area contributed by atoms with Crippen LogP contribution in [0.4, 0.5) is 17.6 Å². The number of ether oxygens (including phenoxy) is 1. The fraction of sp³-hybridized carbons (Fsp3) is 0.160. The van der Waals surface area contributed by atoms with Gasteiger partial charge in [-0.25, -0.2) is 17.6 Å². The summed E-state index contributed by atoms with van der Waals surface area (Å²) in [5.74, 6) is -4.89. The standard InChI is InChI=1S/C25H21F4N3OS/c1-34-25-19(21(26)22(27)23(28)24(25)29)15-30-12-14-32-13-11-20(31-32)16-7-9-18(10-8-16)33-17-5-3-2-4-6-17/h2-11,13,30H,12,14-15H2,1H3. The molecule has 0 radical (unpaired) electrons. The van der Waals surface area contributed by atoms with Gasteiger partial charge in [-0.05, 0) is 48.7 Å². The van der Waals surface area contributed by atoms with Crippen LogP contribution >= 0.6 is 11.8 Å². The van der Waals surface area contributed by atoms with Gasteiger partial charge in [-0.3, -0.25) is 4.68 Å². The maximum Gasteiger partial charge on any atom is 0.198 e. The van der Waals surface area contributed by atoms with Gasteiger partial charge in [0.05, 0.1) is 17.1 Å². The van der Waals surface area contributed by atoms with Gasteiger partial charge in [0, 0.05) is 30.4 Å². The molecule has 176 valence electrons. The first-order chi connectivity index (χ1) is 16.5. The van der Waals surface area contributed by atoms with Gasteiger partial charge in [0.25, 0.3) is 0 Å². The number of hydrogen-bond donors (Lipinski definition) is 1. The smallest absolute Gasteiger partial charge is 0.198 e. The fourth-order valence-electron chi connectivity index (χ4n) is 3.39. The van der Waals surface area contributed by atoms with Crippen LogP contribution < -0.4 is 10.1 Å². The number of hydrogen-bond acceptors (Lipinski definition) is 4. The summed E-state index contributed by atoms with van der Waals surface area (Å²) in [4.78, 5) is -0.245. The van der Waals surface area contributed by atoms with Crippen molar-refractivity contribution in [3.8, 4) is 22.8 Å². The summed E-state index contributed by atoms with van der Waals surface area (Å²) in [5.41, 5.74) is 1.45. The Bertz CT molecular complexity index is 1260. The number of nitrogens with zero attached hydrogens (tertiary/aromatic N) is 2. The monoisotopic (exact) mass is 487 g/mol. The van der Waals surface area contributed by atoms with Crippen molar-refractivity contribution in [1.82, 2.24) is 15.1 Å².